The zero-order chi connectivity index (χ0) is 11.6. The van der Waals surface area contributed by atoms with E-state index in [9.17, 15) is 5.11 Å². The van der Waals surface area contributed by atoms with Gasteiger partial charge in [0.1, 0.15) is 0 Å². The molecule has 0 heterocycles. The number of ether oxygens (including phenoxy) is 1. The third kappa shape index (κ3) is 6.13. The second-order valence-corrected chi connectivity index (χ2v) is 4.15. The van der Waals surface area contributed by atoms with Crippen molar-refractivity contribution in [1.82, 2.24) is 5.32 Å². The van der Waals surface area contributed by atoms with Crippen LogP contribution in [0.1, 0.15) is 40.0 Å². The van der Waals surface area contributed by atoms with Gasteiger partial charge in [-0.15, -0.1) is 0 Å². The summed E-state index contributed by atoms with van der Waals surface area (Å²) in [6, 6.07) is 0. The molecule has 0 fully saturated rings. The Bertz CT molecular complexity index is 127. The Morgan fingerprint density at radius 3 is 2.27 bits per heavy atom. The van der Waals surface area contributed by atoms with E-state index in [4.69, 9.17) is 4.74 Å². The average Bonchev–Trinajstić information content (AvgIpc) is 2.29. The molecule has 0 aliphatic rings. The first-order valence-electron chi connectivity index (χ1n) is 6.14. The van der Waals surface area contributed by atoms with Crippen molar-refractivity contribution in [3.63, 3.8) is 0 Å². The van der Waals surface area contributed by atoms with Gasteiger partial charge in [-0.25, -0.2) is 0 Å². The van der Waals surface area contributed by atoms with Gasteiger partial charge in [-0.2, -0.15) is 0 Å². The van der Waals surface area contributed by atoms with Crippen molar-refractivity contribution in [2.45, 2.75) is 40.0 Å². The summed E-state index contributed by atoms with van der Waals surface area (Å²) in [7, 11) is 0. The van der Waals surface area contributed by atoms with Gasteiger partial charge in [0.05, 0.1) is 6.61 Å². The van der Waals surface area contributed by atoms with E-state index in [0.717, 1.165) is 45.6 Å². The van der Waals surface area contributed by atoms with E-state index >= 15 is 0 Å². The molecule has 0 spiro atoms. The summed E-state index contributed by atoms with van der Waals surface area (Å²) >= 11 is 0. The van der Waals surface area contributed by atoms with Crippen LogP contribution in [-0.4, -0.2) is 38.0 Å². The lowest BCUT2D eigenvalue weighted by molar-refractivity contribution is 0.102. The van der Waals surface area contributed by atoms with E-state index in [1.165, 1.54) is 0 Å². The summed E-state index contributed by atoms with van der Waals surface area (Å²) in [5.74, 6) is 0. The van der Waals surface area contributed by atoms with E-state index in [1.54, 1.807) is 0 Å². The van der Waals surface area contributed by atoms with Crippen LogP contribution in [0.2, 0.25) is 0 Å². The maximum Gasteiger partial charge on any atom is 0.0590 e. The smallest absolute Gasteiger partial charge is 0.0590 e. The Labute approximate surface area is 94.2 Å². The van der Waals surface area contributed by atoms with Gasteiger partial charge >= 0.3 is 0 Å². The van der Waals surface area contributed by atoms with Crippen molar-refractivity contribution in [2.75, 3.05) is 32.9 Å². The minimum Gasteiger partial charge on any atom is -0.396 e. The van der Waals surface area contributed by atoms with Gasteiger partial charge in [-0.05, 0) is 19.3 Å². The summed E-state index contributed by atoms with van der Waals surface area (Å²) in [5.41, 5.74) is 0.0603. The number of hydrogen-bond donors (Lipinski definition) is 2. The summed E-state index contributed by atoms with van der Waals surface area (Å²) in [4.78, 5) is 0. The molecule has 0 unspecified atom stereocenters. The van der Waals surface area contributed by atoms with Crippen LogP contribution in [0.15, 0.2) is 0 Å². The Hall–Kier alpha value is -0.120. The van der Waals surface area contributed by atoms with Crippen LogP contribution in [0.5, 0.6) is 0 Å². The van der Waals surface area contributed by atoms with Crippen LogP contribution in [-0.2, 0) is 4.74 Å². The molecule has 0 radical (unpaired) electrons. The molecular formula is C12H27NO2. The highest BCUT2D eigenvalue weighted by molar-refractivity contribution is 4.77. The second kappa shape index (κ2) is 9.13. The molecule has 92 valence electrons. The second-order valence-electron chi connectivity index (χ2n) is 4.15. The quantitative estimate of drug-likeness (QED) is 0.548. The Kier molecular flexibility index (Phi) is 9.06. The molecule has 15 heavy (non-hydrogen) atoms. The monoisotopic (exact) mass is 217 g/mol. The summed E-state index contributed by atoms with van der Waals surface area (Å²) in [6.45, 7) is 10.0. The largest absolute Gasteiger partial charge is 0.396 e. The first-order chi connectivity index (χ1) is 7.24. The highest BCUT2D eigenvalue weighted by Gasteiger charge is 2.24. The highest BCUT2D eigenvalue weighted by Crippen LogP contribution is 2.24. The number of nitrogens with one attached hydrogen (secondary N) is 1. The molecule has 3 nitrogen and oxygen atoms in total. The van der Waals surface area contributed by atoms with Crippen LogP contribution in [0.25, 0.3) is 0 Å². The van der Waals surface area contributed by atoms with E-state index in [1.807, 2.05) is 0 Å². The third-order valence-electron chi connectivity index (χ3n) is 3.11. The van der Waals surface area contributed by atoms with Gasteiger partial charge < -0.3 is 15.2 Å². The summed E-state index contributed by atoms with van der Waals surface area (Å²) < 4.78 is 5.37. The predicted octanol–water partition coefficient (Wildman–Crippen LogP) is 1.80. The average molecular weight is 217 g/mol. The fraction of sp³-hybridized carbons (Fsp3) is 1.00. The zero-order valence-corrected chi connectivity index (χ0v) is 10.5. The predicted molar refractivity (Wildman–Crippen MR) is 64.1 cm³/mol. The molecule has 0 aliphatic carbocycles. The number of aliphatic hydroxyl groups is 1. The minimum atomic E-state index is 0.0603. The minimum absolute atomic E-state index is 0.0603. The number of aliphatic hydroxyl groups excluding tert-OH is 1. The third-order valence-corrected chi connectivity index (χ3v) is 3.11. The lowest BCUT2D eigenvalue weighted by atomic mass is 9.83. The molecule has 0 saturated carbocycles. The molecule has 2 N–H and O–H groups in total. The summed E-state index contributed by atoms with van der Waals surface area (Å²) in [5, 5.41) is 12.7. The van der Waals surface area contributed by atoms with Crippen LogP contribution < -0.4 is 5.32 Å². The van der Waals surface area contributed by atoms with Gasteiger partial charge in [0, 0.05) is 31.7 Å². The fourth-order valence-corrected chi connectivity index (χ4v) is 1.52. The van der Waals surface area contributed by atoms with E-state index in [2.05, 4.69) is 26.1 Å². The van der Waals surface area contributed by atoms with Gasteiger partial charge in [-0.3, -0.25) is 0 Å². The molecular weight excluding hydrogens is 190 g/mol. The van der Waals surface area contributed by atoms with E-state index < -0.39 is 0 Å². The van der Waals surface area contributed by atoms with Crippen LogP contribution in [0.3, 0.4) is 0 Å². The Morgan fingerprint density at radius 2 is 1.80 bits per heavy atom. The van der Waals surface area contributed by atoms with Crippen molar-refractivity contribution in [1.29, 1.82) is 0 Å². The molecule has 0 saturated heterocycles. The Morgan fingerprint density at radius 1 is 1.13 bits per heavy atom. The lowest BCUT2D eigenvalue weighted by Crippen LogP contribution is -2.37. The molecule has 0 amide bonds. The van der Waals surface area contributed by atoms with Gasteiger partial charge in [0.25, 0.3) is 0 Å². The van der Waals surface area contributed by atoms with Gasteiger partial charge in [0.15, 0.2) is 0 Å². The highest BCUT2D eigenvalue weighted by atomic mass is 16.5. The zero-order valence-electron chi connectivity index (χ0n) is 10.5. The molecule has 0 aromatic rings. The van der Waals surface area contributed by atoms with Crippen molar-refractivity contribution in [3.05, 3.63) is 0 Å². The molecule has 0 aromatic carbocycles. The normalized spacial score (nSPS) is 12.0. The number of hydrogen-bond acceptors (Lipinski definition) is 3. The van der Waals surface area contributed by atoms with Crippen molar-refractivity contribution >= 4 is 0 Å². The lowest BCUT2D eigenvalue weighted by Gasteiger charge is -2.29. The number of rotatable bonds is 10. The molecule has 0 aliphatic heterocycles. The molecule has 3 heteroatoms. The van der Waals surface area contributed by atoms with Gasteiger partial charge in [0.2, 0.25) is 0 Å². The van der Waals surface area contributed by atoms with Crippen molar-refractivity contribution < 1.29 is 9.84 Å². The maximum atomic E-state index is 9.35. The van der Waals surface area contributed by atoms with E-state index in [0.29, 0.717) is 0 Å². The Balaban J connectivity index is 3.54. The van der Waals surface area contributed by atoms with E-state index in [-0.39, 0.29) is 12.0 Å². The maximum absolute atomic E-state index is 9.35. The van der Waals surface area contributed by atoms with Crippen LogP contribution in [0, 0.1) is 5.41 Å². The topological polar surface area (TPSA) is 41.5 Å². The molecule has 0 rings (SSSR count). The van der Waals surface area contributed by atoms with Crippen molar-refractivity contribution in [3.8, 4) is 0 Å². The molecule has 0 aromatic heterocycles. The standard InChI is InChI=1S/C12H27NO2/c1-4-8-15-9-7-13-10-12(5-2,6-3)11-14/h13-14H,4-11H2,1-3H3. The fourth-order valence-electron chi connectivity index (χ4n) is 1.52. The summed E-state index contributed by atoms with van der Waals surface area (Å²) in [6.07, 6.45) is 3.11. The molecule has 0 bridgehead atoms. The van der Waals surface area contributed by atoms with Gasteiger partial charge in [-0.1, -0.05) is 20.8 Å². The first kappa shape index (κ1) is 14.9. The molecule has 0 atom stereocenters. The first-order valence-corrected chi connectivity index (χ1v) is 6.14. The van der Waals surface area contributed by atoms with Crippen LogP contribution in [0.4, 0.5) is 0 Å². The van der Waals surface area contributed by atoms with Crippen molar-refractivity contribution in [2.24, 2.45) is 5.41 Å². The van der Waals surface area contributed by atoms with Crippen LogP contribution >= 0.6 is 0 Å². The SMILES string of the molecule is CCCOCCNCC(CC)(CC)CO.